The van der Waals surface area contributed by atoms with Crippen molar-refractivity contribution in [2.24, 2.45) is 7.05 Å². The third-order valence-corrected chi connectivity index (χ3v) is 3.04. The number of ketones is 1. The molecule has 0 bridgehead atoms. The number of benzene rings is 1. The van der Waals surface area contributed by atoms with Crippen LogP contribution in [0.4, 0.5) is 0 Å². The van der Waals surface area contributed by atoms with Crippen molar-refractivity contribution in [2.75, 3.05) is 13.2 Å². The fourth-order valence-corrected chi connectivity index (χ4v) is 1.89. The first-order chi connectivity index (χ1) is 11.1. The number of allylic oxidation sites excluding steroid dienone is 1. The van der Waals surface area contributed by atoms with Crippen molar-refractivity contribution >= 4 is 17.8 Å². The van der Waals surface area contributed by atoms with Crippen LogP contribution in [0.5, 0.6) is 5.75 Å². The number of hydrogen-bond donors (Lipinski definition) is 1. The van der Waals surface area contributed by atoms with Gasteiger partial charge in [-0.05, 0) is 30.7 Å². The summed E-state index contributed by atoms with van der Waals surface area (Å²) in [6.45, 7) is 2.42. The van der Waals surface area contributed by atoms with Crippen LogP contribution in [0.3, 0.4) is 0 Å². The summed E-state index contributed by atoms with van der Waals surface area (Å²) in [5.41, 5.74) is 1.42. The van der Waals surface area contributed by atoms with E-state index in [1.54, 1.807) is 36.1 Å². The first-order valence-electron chi connectivity index (χ1n) is 7.29. The van der Waals surface area contributed by atoms with Crippen LogP contribution in [0.2, 0.25) is 0 Å². The number of carbonyl (C=O) groups is 2. The summed E-state index contributed by atoms with van der Waals surface area (Å²) in [5.74, 6) is 0.347. The number of rotatable bonds is 7. The first kappa shape index (κ1) is 16.5. The summed E-state index contributed by atoms with van der Waals surface area (Å²) >= 11 is 0. The van der Waals surface area contributed by atoms with E-state index in [2.05, 4.69) is 10.4 Å². The largest absolute Gasteiger partial charge is 0.484 e. The predicted molar refractivity (Wildman–Crippen MR) is 87.2 cm³/mol. The molecule has 1 aromatic heterocycles. The van der Waals surface area contributed by atoms with Gasteiger partial charge in [0, 0.05) is 19.8 Å². The van der Waals surface area contributed by atoms with E-state index in [9.17, 15) is 9.59 Å². The molecule has 0 radical (unpaired) electrons. The highest BCUT2D eigenvalue weighted by Gasteiger charge is 2.04. The van der Waals surface area contributed by atoms with Gasteiger partial charge in [0.25, 0.3) is 5.91 Å². The first-order valence-corrected chi connectivity index (χ1v) is 7.29. The molecule has 0 saturated carbocycles. The number of ether oxygens (including phenoxy) is 1. The zero-order chi connectivity index (χ0) is 16.7. The maximum atomic E-state index is 11.9. The summed E-state index contributed by atoms with van der Waals surface area (Å²) in [6, 6.07) is 7.15. The number of carbonyl (C=O) groups excluding carboxylic acids is 2. The van der Waals surface area contributed by atoms with Gasteiger partial charge in [-0.15, -0.1) is 0 Å². The van der Waals surface area contributed by atoms with Crippen molar-refractivity contribution in [3.05, 3.63) is 53.9 Å². The van der Waals surface area contributed by atoms with E-state index in [-0.39, 0.29) is 18.3 Å². The van der Waals surface area contributed by atoms with Crippen LogP contribution >= 0.6 is 0 Å². The highest BCUT2D eigenvalue weighted by atomic mass is 16.5. The van der Waals surface area contributed by atoms with E-state index < -0.39 is 0 Å². The molecule has 0 aliphatic heterocycles. The molecule has 0 atom stereocenters. The van der Waals surface area contributed by atoms with Gasteiger partial charge in [-0.1, -0.05) is 18.2 Å². The van der Waals surface area contributed by atoms with E-state index in [1.165, 1.54) is 12.3 Å². The van der Waals surface area contributed by atoms with E-state index in [1.807, 2.05) is 19.1 Å². The molecule has 1 N–H and O–H groups in total. The molecule has 6 heteroatoms. The molecule has 1 aromatic carbocycles. The van der Waals surface area contributed by atoms with Gasteiger partial charge in [0.15, 0.2) is 12.4 Å². The van der Waals surface area contributed by atoms with Gasteiger partial charge in [-0.3, -0.25) is 14.3 Å². The lowest BCUT2D eigenvalue weighted by atomic mass is 10.1. The molecular formula is C17H19N3O3. The molecule has 23 heavy (non-hydrogen) atoms. The molecule has 0 saturated heterocycles. The second kappa shape index (κ2) is 7.93. The van der Waals surface area contributed by atoms with Crippen LogP contribution in [0.1, 0.15) is 22.8 Å². The van der Waals surface area contributed by atoms with Crippen LogP contribution in [0.25, 0.3) is 6.08 Å². The Labute approximate surface area is 134 Å². The van der Waals surface area contributed by atoms with Crippen LogP contribution in [-0.2, 0) is 11.8 Å². The summed E-state index contributed by atoms with van der Waals surface area (Å²) in [4.78, 5) is 23.2. The molecule has 0 fully saturated rings. The van der Waals surface area contributed by atoms with Crippen molar-refractivity contribution in [2.45, 2.75) is 6.92 Å². The number of nitrogens with zero attached hydrogens (tertiary/aromatic N) is 2. The monoisotopic (exact) mass is 313 g/mol. The maximum Gasteiger partial charge on any atom is 0.257 e. The van der Waals surface area contributed by atoms with Crippen molar-refractivity contribution < 1.29 is 14.3 Å². The molecule has 0 aliphatic rings. The molecule has 1 amide bonds. The second-order valence-corrected chi connectivity index (χ2v) is 4.91. The van der Waals surface area contributed by atoms with Gasteiger partial charge in [0.05, 0.1) is 11.8 Å². The summed E-state index contributed by atoms with van der Waals surface area (Å²) in [5, 5.41) is 6.62. The minimum absolute atomic E-state index is 0.0114. The molecule has 2 rings (SSSR count). The summed E-state index contributed by atoms with van der Waals surface area (Å²) in [6.07, 6.45) is 6.43. The lowest BCUT2D eigenvalue weighted by molar-refractivity contribution is -0.122. The number of nitrogens with one attached hydrogen (secondary N) is 1. The lowest BCUT2D eigenvalue weighted by Crippen LogP contribution is -2.28. The molecular weight excluding hydrogens is 294 g/mol. The van der Waals surface area contributed by atoms with Crippen LogP contribution in [0, 0.1) is 0 Å². The molecule has 0 spiro atoms. The zero-order valence-corrected chi connectivity index (χ0v) is 13.2. The van der Waals surface area contributed by atoms with E-state index >= 15 is 0 Å². The van der Waals surface area contributed by atoms with Gasteiger partial charge in [0.1, 0.15) is 5.75 Å². The fraction of sp³-hybridized carbons (Fsp3) is 0.235. The van der Waals surface area contributed by atoms with Crippen molar-refractivity contribution in [3.63, 3.8) is 0 Å². The van der Waals surface area contributed by atoms with Crippen LogP contribution in [-0.4, -0.2) is 34.6 Å². The van der Waals surface area contributed by atoms with E-state index in [0.717, 1.165) is 5.56 Å². The SMILES string of the molecule is CCNC(=O)COc1ccc(C=CC(=O)c2cnn(C)c2)cc1. The van der Waals surface area contributed by atoms with Crippen molar-refractivity contribution in [1.82, 2.24) is 15.1 Å². The van der Waals surface area contributed by atoms with Crippen molar-refractivity contribution in [1.29, 1.82) is 0 Å². The normalized spacial score (nSPS) is 10.7. The third-order valence-electron chi connectivity index (χ3n) is 3.04. The van der Waals surface area contributed by atoms with Gasteiger partial charge in [-0.25, -0.2) is 0 Å². The number of aromatic nitrogens is 2. The molecule has 6 nitrogen and oxygen atoms in total. The predicted octanol–water partition coefficient (Wildman–Crippen LogP) is 1.83. The molecule has 1 heterocycles. The van der Waals surface area contributed by atoms with E-state index in [0.29, 0.717) is 17.9 Å². The van der Waals surface area contributed by atoms with Gasteiger partial charge in [-0.2, -0.15) is 5.10 Å². The van der Waals surface area contributed by atoms with Gasteiger partial charge >= 0.3 is 0 Å². The Kier molecular flexibility index (Phi) is 5.68. The van der Waals surface area contributed by atoms with Crippen LogP contribution < -0.4 is 10.1 Å². The average molecular weight is 313 g/mol. The highest BCUT2D eigenvalue weighted by Crippen LogP contribution is 2.13. The minimum atomic E-state index is -0.154. The van der Waals surface area contributed by atoms with Crippen molar-refractivity contribution in [3.8, 4) is 5.75 Å². The van der Waals surface area contributed by atoms with Gasteiger partial charge < -0.3 is 10.1 Å². The summed E-state index contributed by atoms with van der Waals surface area (Å²) < 4.78 is 6.94. The number of hydrogen-bond acceptors (Lipinski definition) is 4. The number of likely N-dealkylation sites (N-methyl/N-ethyl adjacent to an activating group) is 1. The minimum Gasteiger partial charge on any atom is -0.484 e. The fourth-order valence-electron chi connectivity index (χ4n) is 1.89. The molecule has 0 unspecified atom stereocenters. The Bertz CT molecular complexity index is 702. The Morgan fingerprint density at radius 1 is 1.30 bits per heavy atom. The Morgan fingerprint density at radius 2 is 2.04 bits per heavy atom. The van der Waals surface area contributed by atoms with Gasteiger partial charge in [0.2, 0.25) is 0 Å². The zero-order valence-electron chi connectivity index (χ0n) is 13.2. The Morgan fingerprint density at radius 3 is 2.65 bits per heavy atom. The lowest BCUT2D eigenvalue weighted by Gasteiger charge is -2.06. The standard InChI is InChI=1S/C17H19N3O3/c1-3-18-17(22)12-23-15-7-4-13(5-8-15)6-9-16(21)14-10-19-20(2)11-14/h4-11H,3,12H2,1-2H3,(H,18,22). The number of aryl methyl sites for hydroxylation is 1. The van der Waals surface area contributed by atoms with E-state index in [4.69, 9.17) is 4.74 Å². The average Bonchev–Trinajstić information content (AvgIpc) is 2.98. The Balaban J connectivity index is 1.90. The Hall–Kier alpha value is -2.89. The second-order valence-electron chi connectivity index (χ2n) is 4.91. The highest BCUT2D eigenvalue weighted by molar-refractivity contribution is 6.06. The molecule has 120 valence electrons. The number of amides is 1. The smallest absolute Gasteiger partial charge is 0.257 e. The maximum absolute atomic E-state index is 11.9. The summed E-state index contributed by atoms with van der Waals surface area (Å²) in [7, 11) is 1.76. The quantitative estimate of drug-likeness (QED) is 0.625. The van der Waals surface area contributed by atoms with Crippen LogP contribution in [0.15, 0.2) is 42.7 Å². The third kappa shape index (κ3) is 5.10. The molecule has 0 aliphatic carbocycles. The molecule has 2 aromatic rings. The topological polar surface area (TPSA) is 73.2 Å².